The zero-order chi connectivity index (χ0) is 12.8. The van der Waals surface area contributed by atoms with Gasteiger partial charge in [-0.2, -0.15) is 0 Å². The first-order valence-corrected chi connectivity index (χ1v) is 7.17. The minimum absolute atomic E-state index is 0.625. The Hall–Kier alpha value is -1.11. The van der Waals surface area contributed by atoms with Gasteiger partial charge in [-0.05, 0) is 55.1 Å². The molecule has 0 heterocycles. The Balaban J connectivity index is 1.93. The number of benzene rings is 1. The molecule has 0 radical (unpaired) electrons. The van der Waals surface area contributed by atoms with Crippen molar-refractivity contribution in [2.45, 2.75) is 51.4 Å². The first-order valence-electron chi connectivity index (χ1n) is 7.17. The summed E-state index contributed by atoms with van der Waals surface area (Å²) in [5.74, 6) is 1.70. The third-order valence-corrected chi connectivity index (χ3v) is 4.32. The highest BCUT2D eigenvalue weighted by atomic mass is 19.1. The number of allylic oxidation sites excluding steroid dienone is 1. The molecule has 0 unspecified atom stereocenters. The van der Waals surface area contributed by atoms with E-state index in [1.807, 2.05) is 0 Å². The summed E-state index contributed by atoms with van der Waals surface area (Å²) in [7, 11) is 0. The van der Waals surface area contributed by atoms with Crippen LogP contribution in [0.1, 0.15) is 56.1 Å². The van der Waals surface area contributed by atoms with Crippen LogP contribution in [0.3, 0.4) is 0 Å². The summed E-state index contributed by atoms with van der Waals surface area (Å²) < 4.78 is 11.9. The van der Waals surface area contributed by atoms with Crippen molar-refractivity contribution in [3.8, 4) is 0 Å². The third-order valence-electron chi connectivity index (χ3n) is 4.32. The Morgan fingerprint density at radius 3 is 2.33 bits per heavy atom. The molecule has 1 aliphatic rings. The van der Waals surface area contributed by atoms with Crippen LogP contribution in [0.15, 0.2) is 36.7 Å². The summed E-state index contributed by atoms with van der Waals surface area (Å²) in [6.07, 6.45) is 9.65. The van der Waals surface area contributed by atoms with Crippen LogP contribution in [-0.4, -0.2) is 0 Å². The van der Waals surface area contributed by atoms with Gasteiger partial charge in [0.15, 0.2) is 0 Å². The van der Waals surface area contributed by atoms with E-state index in [2.05, 4.69) is 31.2 Å². The highest BCUT2D eigenvalue weighted by Gasteiger charge is 2.20. The molecular formula is C17H23F. The summed E-state index contributed by atoms with van der Waals surface area (Å²) in [4.78, 5) is 0. The van der Waals surface area contributed by atoms with Crippen molar-refractivity contribution in [2.75, 3.05) is 0 Å². The molecule has 0 aliphatic heterocycles. The normalized spacial score (nSPS) is 24.6. The van der Waals surface area contributed by atoms with E-state index in [-0.39, 0.29) is 0 Å². The molecule has 0 saturated heterocycles. The van der Waals surface area contributed by atoms with Gasteiger partial charge in [0.25, 0.3) is 0 Å². The number of hydrogen-bond donors (Lipinski definition) is 0. The first kappa shape index (κ1) is 13.3. The maximum atomic E-state index is 11.9. The molecule has 1 aromatic carbocycles. The number of hydrogen-bond acceptors (Lipinski definition) is 0. The summed E-state index contributed by atoms with van der Waals surface area (Å²) in [5.41, 5.74) is 2.66. The van der Waals surface area contributed by atoms with Crippen molar-refractivity contribution in [2.24, 2.45) is 5.92 Å². The van der Waals surface area contributed by atoms with Gasteiger partial charge in [0.1, 0.15) is 0 Å². The van der Waals surface area contributed by atoms with Gasteiger partial charge >= 0.3 is 0 Å². The molecule has 0 aromatic heterocycles. The predicted octanol–water partition coefficient (Wildman–Crippen LogP) is 5.40. The second-order valence-electron chi connectivity index (χ2n) is 5.43. The molecule has 2 rings (SSSR count). The minimum atomic E-state index is 0.625. The van der Waals surface area contributed by atoms with Gasteiger partial charge in [-0.3, -0.25) is 0 Å². The number of halogens is 1. The quantitative estimate of drug-likeness (QED) is 0.667. The van der Waals surface area contributed by atoms with E-state index < -0.39 is 0 Å². The number of rotatable bonds is 4. The van der Waals surface area contributed by atoms with E-state index in [1.54, 1.807) is 6.08 Å². The SMILES string of the molecule is CC[C@H]1CC[C@H](c2ccc(CC=CF)cc2)CC1. The van der Waals surface area contributed by atoms with Gasteiger partial charge < -0.3 is 0 Å². The first-order chi connectivity index (χ1) is 8.83. The molecule has 0 N–H and O–H groups in total. The predicted molar refractivity (Wildman–Crippen MR) is 75.4 cm³/mol. The van der Waals surface area contributed by atoms with Crippen LogP contribution < -0.4 is 0 Å². The molecule has 1 heteroatoms. The smallest absolute Gasteiger partial charge is 0.0830 e. The summed E-state index contributed by atoms with van der Waals surface area (Å²) in [6, 6.07) is 8.75. The average molecular weight is 246 g/mol. The standard InChI is InChI=1S/C17H23F/c1-2-14-5-9-16(10-6-14)17-11-7-15(8-12-17)4-3-13-18/h3,7-8,11-14,16H,2,4-6,9-10H2,1H3/t14-,16-. The molecule has 1 aromatic rings. The van der Waals surface area contributed by atoms with Crippen LogP contribution >= 0.6 is 0 Å². The van der Waals surface area contributed by atoms with Gasteiger partial charge in [-0.25, -0.2) is 4.39 Å². The summed E-state index contributed by atoms with van der Waals surface area (Å²) in [5, 5.41) is 0. The van der Waals surface area contributed by atoms with Crippen LogP contribution in [0, 0.1) is 5.92 Å². The lowest BCUT2D eigenvalue weighted by Crippen LogP contribution is -2.12. The Morgan fingerprint density at radius 2 is 1.78 bits per heavy atom. The van der Waals surface area contributed by atoms with Crippen LogP contribution in [0.2, 0.25) is 0 Å². The minimum Gasteiger partial charge on any atom is -0.216 e. The van der Waals surface area contributed by atoms with Crippen LogP contribution in [0.5, 0.6) is 0 Å². The lowest BCUT2D eigenvalue weighted by atomic mass is 9.78. The largest absolute Gasteiger partial charge is 0.216 e. The zero-order valence-corrected chi connectivity index (χ0v) is 11.2. The van der Waals surface area contributed by atoms with Gasteiger partial charge in [0, 0.05) is 0 Å². The maximum Gasteiger partial charge on any atom is 0.0830 e. The molecule has 0 bridgehead atoms. The van der Waals surface area contributed by atoms with Gasteiger partial charge in [0.2, 0.25) is 0 Å². The molecule has 1 saturated carbocycles. The molecule has 1 fully saturated rings. The Bertz CT molecular complexity index is 369. The van der Waals surface area contributed by atoms with Crippen molar-refractivity contribution in [1.82, 2.24) is 0 Å². The van der Waals surface area contributed by atoms with Crippen molar-refractivity contribution < 1.29 is 4.39 Å². The molecule has 0 nitrogen and oxygen atoms in total. The fourth-order valence-electron chi connectivity index (χ4n) is 3.01. The van der Waals surface area contributed by atoms with Gasteiger partial charge in [0.05, 0.1) is 6.33 Å². The maximum absolute atomic E-state index is 11.9. The zero-order valence-electron chi connectivity index (χ0n) is 11.2. The van der Waals surface area contributed by atoms with Crippen LogP contribution in [0.25, 0.3) is 0 Å². The van der Waals surface area contributed by atoms with Crippen LogP contribution in [-0.2, 0) is 6.42 Å². The highest BCUT2D eigenvalue weighted by Crippen LogP contribution is 2.36. The van der Waals surface area contributed by atoms with E-state index in [9.17, 15) is 4.39 Å². The van der Waals surface area contributed by atoms with Crippen molar-refractivity contribution in [1.29, 1.82) is 0 Å². The fraction of sp³-hybridized carbons (Fsp3) is 0.529. The molecular weight excluding hydrogens is 223 g/mol. The van der Waals surface area contributed by atoms with Gasteiger partial charge in [-0.1, -0.05) is 43.7 Å². The Morgan fingerprint density at radius 1 is 1.11 bits per heavy atom. The molecule has 18 heavy (non-hydrogen) atoms. The Labute approximate surface area is 110 Å². The fourth-order valence-corrected chi connectivity index (χ4v) is 3.01. The van der Waals surface area contributed by atoms with Crippen molar-refractivity contribution in [3.63, 3.8) is 0 Å². The molecule has 98 valence electrons. The molecule has 0 spiro atoms. The van der Waals surface area contributed by atoms with E-state index in [1.165, 1.54) is 43.2 Å². The molecule has 0 atom stereocenters. The summed E-state index contributed by atoms with van der Waals surface area (Å²) in [6.45, 7) is 2.30. The third kappa shape index (κ3) is 3.44. The second kappa shape index (κ2) is 6.72. The lowest BCUT2D eigenvalue weighted by Gasteiger charge is -2.28. The van der Waals surface area contributed by atoms with Crippen molar-refractivity contribution in [3.05, 3.63) is 47.8 Å². The summed E-state index contributed by atoms with van der Waals surface area (Å²) >= 11 is 0. The topological polar surface area (TPSA) is 0 Å². The highest BCUT2D eigenvalue weighted by molar-refractivity contribution is 5.27. The van der Waals surface area contributed by atoms with Gasteiger partial charge in [-0.15, -0.1) is 0 Å². The van der Waals surface area contributed by atoms with Crippen molar-refractivity contribution >= 4 is 0 Å². The van der Waals surface area contributed by atoms with E-state index in [4.69, 9.17) is 0 Å². The van der Waals surface area contributed by atoms with E-state index >= 15 is 0 Å². The lowest BCUT2D eigenvalue weighted by molar-refractivity contribution is 0.319. The molecule has 0 amide bonds. The average Bonchev–Trinajstić information content (AvgIpc) is 2.46. The molecule has 1 aliphatic carbocycles. The second-order valence-corrected chi connectivity index (χ2v) is 5.43. The van der Waals surface area contributed by atoms with Crippen LogP contribution in [0.4, 0.5) is 4.39 Å². The Kier molecular flexibility index (Phi) is 4.98. The van der Waals surface area contributed by atoms with E-state index in [0.717, 1.165) is 11.8 Å². The van der Waals surface area contributed by atoms with E-state index in [0.29, 0.717) is 12.8 Å². The monoisotopic (exact) mass is 246 g/mol.